The predicted octanol–water partition coefficient (Wildman–Crippen LogP) is 3.89. The predicted molar refractivity (Wildman–Crippen MR) is 121 cm³/mol. The largest absolute Gasteiger partial charge is 0.462 e. The molecule has 0 bridgehead atoms. The topological polar surface area (TPSA) is 93.0 Å². The molecule has 0 saturated carbocycles. The van der Waals surface area contributed by atoms with Gasteiger partial charge >= 0.3 is 5.97 Å². The summed E-state index contributed by atoms with van der Waals surface area (Å²) in [7, 11) is 0. The maximum Gasteiger partial charge on any atom is 0.338 e. The second-order valence-electron chi connectivity index (χ2n) is 7.49. The van der Waals surface area contributed by atoms with E-state index < -0.39 is 10.9 Å². The van der Waals surface area contributed by atoms with Gasteiger partial charge in [0.2, 0.25) is 0 Å². The average molecular weight is 433 g/mol. The first kappa shape index (κ1) is 21.3. The van der Waals surface area contributed by atoms with Gasteiger partial charge in [-0.05, 0) is 35.9 Å². The fourth-order valence-electron chi connectivity index (χ4n) is 4.01. The standard InChI is InChI=1S/C24H23N3O5/c1-2-32-24(29)18-10-11-21(22(16-18)27(30)31)25-12-14-26(15-13-25)23(28)20-9-5-7-17-6-3-4-8-19(17)20/h3-11,16H,2,12-15H2,1H3. The van der Waals surface area contributed by atoms with Crippen molar-refractivity contribution >= 4 is 34.0 Å². The Kier molecular flexibility index (Phi) is 6.02. The summed E-state index contributed by atoms with van der Waals surface area (Å²) in [6.07, 6.45) is 0. The summed E-state index contributed by atoms with van der Waals surface area (Å²) in [4.78, 5) is 39.9. The molecule has 0 aliphatic carbocycles. The van der Waals surface area contributed by atoms with Crippen molar-refractivity contribution in [2.45, 2.75) is 6.92 Å². The minimum absolute atomic E-state index is 0.0476. The summed E-state index contributed by atoms with van der Waals surface area (Å²) in [6.45, 7) is 3.67. The highest BCUT2D eigenvalue weighted by atomic mass is 16.6. The molecule has 3 aromatic rings. The van der Waals surface area contributed by atoms with Gasteiger partial charge in [-0.25, -0.2) is 4.79 Å². The van der Waals surface area contributed by atoms with Gasteiger partial charge in [-0.2, -0.15) is 0 Å². The number of hydrogen-bond donors (Lipinski definition) is 0. The lowest BCUT2D eigenvalue weighted by molar-refractivity contribution is -0.384. The van der Waals surface area contributed by atoms with Crippen molar-refractivity contribution in [1.29, 1.82) is 0 Å². The van der Waals surface area contributed by atoms with E-state index in [-0.39, 0.29) is 23.8 Å². The number of esters is 1. The van der Waals surface area contributed by atoms with Crippen molar-refractivity contribution < 1.29 is 19.2 Å². The van der Waals surface area contributed by atoms with E-state index in [1.807, 2.05) is 47.4 Å². The zero-order chi connectivity index (χ0) is 22.7. The molecule has 8 heteroatoms. The fourth-order valence-corrected chi connectivity index (χ4v) is 4.01. The number of rotatable bonds is 5. The molecule has 1 saturated heterocycles. The van der Waals surface area contributed by atoms with Crippen molar-refractivity contribution in [2.75, 3.05) is 37.7 Å². The first-order valence-electron chi connectivity index (χ1n) is 10.5. The van der Waals surface area contributed by atoms with Crippen LogP contribution in [0.15, 0.2) is 60.7 Å². The van der Waals surface area contributed by atoms with Gasteiger partial charge in [-0.3, -0.25) is 14.9 Å². The van der Waals surface area contributed by atoms with Crippen LogP contribution in [0.1, 0.15) is 27.6 Å². The minimum Gasteiger partial charge on any atom is -0.462 e. The minimum atomic E-state index is -0.590. The zero-order valence-electron chi connectivity index (χ0n) is 17.7. The molecule has 0 N–H and O–H groups in total. The summed E-state index contributed by atoms with van der Waals surface area (Å²) < 4.78 is 4.94. The number of nitrogens with zero attached hydrogens (tertiary/aromatic N) is 3. The molecule has 8 nitrogen and oxygen atoms in total. The van der Waals surface area contributed by atoms with E-state index in [0.29, 0.717) is 37.4 Å². The van der Waals surface area contributed by atoms with Crippen LogP contribution in [0.2, 0.25) is 0 Å². The van der Waals surface area contributed by atoms with Gasteiger partial charge in [0, 0.05) is 37.8 Å². The summed E-state index contributed by atoms with van der Waals surface area (Å²) >= 11 is 0. The van der Waals surface area contributed by atoms with Gasteiger partial charge in [0.15, 0.2) is 0 Å². The van der Waals surface area contributed by atoms with Gasteiger partial charge < -0.3 is 14.5 Å². The van der Waals surface area contributed by atoms with Gasteiger partial charge in [0.1, 0.15) is 5.69 Å². The number of amides is 1. The lowest BCUT2D eigenvalue weighted by Crippen LogP contribution is -2.49. The van der Waals surface area contributed by atoms with Gasteiger partial charge in [0.05, 0.1) is 17.1 Å². The zero-order valence-corrected chi connectivity index (χ0v) is 17.7. The van der Waals surface area contributed by atoms with Crippen LogP contribution in [0.5, 0.6) is 0 Å². The molecule has 3 aromatic carbocycles. The lowest BCUT2D eigenvalue weighted by Gasteiger charge is -2.36. The average Bonchev–Trinajstić information content (AvgIpc) is 2.83. The Bertz CT molecular complexity index is 1180. The van der Waals surface area contributed by atoms with Gasteiger partial charge in [-0.15, -0.1) is 0 Å². The molecule has 0 spiro atoms. The van der Waals surface area contributed by atoms with E-state index >= 15 is 0 Å². The van der Waals surface area contributed by atoms with E-state index in [0.717, 1.165) is 10.8 Å². The number of fused-ring (bicyclic) bond motifs is 1. The fraction of sp³-hybridized carbons (Fsp3) is 0.250. The van der Waals surface area contributed by atoms with Crippen molar-refractivity contribution in [1.82, 2.24) is 4.90 Å². The van der Waals surface area contributed by atoms with E-state index in [9.17, 15) is 19.7 Å². The molecular weight excluding hydrogens is 410 g/mol. The smallest absolute Gasteiger partial charge is 0.338 e. The Morgan fingerprint density at radius 1 is 1.00 bits per heavy atom. The Labute approximate surface area is 185 Å². The maximum atomic E-state index is 13.2. The molecule has 1 amide bonds. The molecule has 0 aromatic heterocycles. The third kappa shape index (κ3) is 4.12. The molecule has 164 valence electrons. The van der Waals surface area contributed by atoms with Crippen LogP contribution in [0.4, 0.5) is 11.4 Å². The van der Waals surface area contributed by atoms with Crippen LogP contribution in [-0.4, -0.2) is 54.5 Å². The molecule has 0 atom stereocenters. The number of nitro groups is 1. The quantitative estimate of drug-likeness (QED) is 0.344. The molecule has 1 aliphatic heterocycles. The molecule has 1 fully saturated rings. The van der Waals surface area contributed by atoms with Crippen LogP contribution in [0, 0.1) is 10.1 Å². The molecule has 32 heavy (non-hydrogen) atoms. The number of carbonyl (C=O) groups excluding carboxylic acids is 2. The molecule has 1 aliphatic rings. The first-order valence-corrected chi connectivity index (χ1v) is 10.5. The number of ether oxygens (including phenoxy) is 1. The Balaban J connectivity index is 1.51. The lowest BCUT2D eigenvalue weighted by atomic mass is 10.0. The number of benzene rings is 3. The normalized spacial score (nSPS) is 13.8. The molecule has 0 radical (unpaired) electrons. The van der Waals surface area contributed by atoms with Crippen LogP contribution in [0.25, 0.3) is 10.8 Å². The van der Waals surface area contributed by atoms with Crippen molar-refractivity contribution in [3.05, 3.63) is 81.9 Å². The summed E-state index contributed by atoms with van der Waals surface area (Å²) in [6, 6.07) is 17.8. The molecule has 1 heterocycles. The van der Waals surface area contributed by atoms with E-state index in [1.54, 1.807) is 17.9 Å². The number of anilines is 1. The second kappa shape index (κ2) is 9.05. The molecule has 4 rings (SSSR count). The number of carbonyl (C=O) groups is 2. The monoisotopic (exact) mass is 433 g/mol. The third-order valence-electron chi connectivity index (χ3n) is 5.61. The first-order chi connectivity index (χ1) is 15.5. The van der Waals surface area contributed by atoms with E-state index in [4.69, 9.17) is 4.74 Å². The Morgan fingerprint density at radius 3 is 2.44 bits per heavy atom. The van der Waals surface area contributed by atoms with E-state index in [1.165, 1.54) is 12.1 Å². The van der Waals surface area contributed by atoms with Gasteiger partial charge in [0.25, 0.3) is 11.6 Å². The highest BCUT2D eigenvalue weighted by Crippen LogP contribution is 2.31. The van der Waals surface area contributed by atoms with Crippen LogP contribution >= 0.6 is 0 Å². The van der Waals surface area contributed by atoms with Crippen molar-refractivity contribution in [3.8, 4) is 0 Å². The maximum absolute atomic E-state index is 13.2. The van der Waals surface area contributed by atoms with Crippen LogP contribution < -0.4 is 4.90 Å². The molecular formula is C24H23N3O5. The van der Waals surface area contributed by atoms with Crippen molar-refractivity contribution in [3.63, 3.8) is 0 Å². The summed E-state index contributed by atoms with van der Waals surface area (Å²) in [5, 5.41) is 13.6. The Hall–Kier alpha value is -3.94. The number of nitro benzene ring substituents is 1. The number of piperazine rings is 1. The second-order valence-corrected chi connectivity index (χ2v) is 7.49. The molecule has 0 unspecified atom stereocenters. The SMILES string of the molecule is CCOC(=O)c1ccc(N2CCN(C(=O)c3cccc4ccccc34)CC2)c([N+](=O)[O-])c1. The number of hydrogen-bond acceptors (Lipinski definition) is 6. The summed E-state index contributed by atoms with van der Waals surface area (Å²) in [5.74, 6) is -0.638. The van der Waals surface area contributed by atoms with E-state index in [2.05, 4.69) is 0 Å². The third-order valence-corrected chi connectivity index (χ3v) is 5.61. The Morgan fingerprint density at radius 2 is 1.72 bits per heavy atom. The van der Waals surface area contributed by atoms with Crippen LogP contribution in [0.3, 0.4) is 0 Å². The summed E-state index contributed by atoms with van der Waals surface area (Å²) in [5.41, 5.74) is 1.08. The highest BCUT2D eigenvalue weighted by molar-refractivity contribution is 6.07. The van der Waals surface area contributed by atoms with Crippen LogP contribution in [-0.2, 0) is 4.74 Å². The van der Waals surface area contributed by atoms with Gasteiger partial charge in [-0.1, -0.05) is 36.4 Å². The van der Waals surface area contributed by atoms with Crippen molar-refractivity contribution in [2.24, 2.45) is 0 Å². The highest BCUT2D eigenvalue weighted by Gasteiger charge is 2.28.